The van der Waals surface area contributed by atoms with Crippen molar-refractivity contribution in [3.05, 3.63) is 36.5 Å². The van der Waals surface area contributed by atoms with Crippen LogP contribution < -0.4 is 4.74 Å². The highest BCUT2D eigenvalue weighted by molar-refractivity contribution is 5.82. The number of benzene rings is 1. The van der Waals surface area contributed by atoms with Crippen LogP contribution in [0.15, 0.2) is 36.5 Å². The second-order valence-electron chi connectivity index (χ2n) is 2.75. The lowest BCUT2D eigenvalue weighted by Gasteiger charge is -2.03. The van der Waals surface area contributed by atoms with E-state index in [2.05, 4.69) is 9.72 Å². The van der Waals surface area contributed by atoms with Gasteiger partial charge >= 0.3 is 6.61 Å². The Kier molecular flexibility index (Phi) is 2.26. The third-order valence-corrected chi connectivity index (χ3v) is 1.82. The number of halogens is 2. The van der Waals surface area contributed by atoms with Gasteiger partial charge in [-0.2, -0.15) is 8.78 Å². The summed E-state index contributed by atoms with van der Waals surface area (Å²) in [5, 5.41) is 1.73. The molecule has 0 amide bonds. The highest BCUT2D eigenvalue weighted by Crippen LogP contribution is 2.18. The summed E-state index contributed by atoms with van der Waals surface area (Å²) in [5.74, 6) is -0.0568. The maximum Gasteiger partial charge on any atom is 0.388 e. The smallest absolute Gasteiger partial charge is 0.388 e. The van der Waals surface area contributed by atoms with Crippen LogP contribution in [-0.2, 0) is 0 Å². The quantitative estimate of drug-likeness (QED) is 0.735. The largest absolute Gasteiger partial charge is 0.417 e. The van der Waals surface area contributed by atoms with E-state index in [1.165, 1.54) is 12.3 Å². The van der Waals surface area contributed by atoms with Crippen LogP contribution in [0.3, 0.4) is 0 Å². The number of hydrogen-bond acceptors (Lipinski definition) is 2. The first-order valence-electron chi connectivity index (χ1n) is 4.05. The molecule has 0 aliphatic heterocycles. The van der Waals surface area contributed by atoms with Crippen LogP contribution in [-0.4, -0.2) is 11.6 Å². The van der Waals surface area contributed by atoms with E-state index >= 15 is 0 Å². The van der Waals surface area contributed by atoms with E-state index in [0.717, 1.165) is 10.8 Å². The molecule has 2 aromatic rings. The lowest BCUT2D eigenvalue weighted by Crippen LogP contribution is -2.03. The number of ether oxygens (including phenoxy) is 1. The van der Waals surface area contributed by atoms with Gasteiger partial charge in [-0.1, -0.05) is 24.3 Å². The van der Waals surface area contributed by atoms with E-state index in [4.69, 9.17) is 0 Å². The molecule has 0 atom stereocenters. The molecule has 0 bridgehead atoms. The minimum absolute atomic E-state index is 0.0568. The van der Waals surface area contributed by atoms with E-state index in [-0.39, 0.29) is 5.88 Å². The summed E-state index contributed by atoms with van der Waals surface area (Å²) in [6.45, 7) is -2.83. The Labute approximate surface area is 79.1 Å². The third-order valence-electron chi connectivity index (χ3n) is 1.82. The summed E-state index contributed by atoms with van der Waals surface area (Å²) in [6.07, 6.45) is 1.51. The fourth-order valence-electron chi connectivity index (χ4n) is 1.22. The van der Waals surface area contributed by atoms with Gasteiger partial charge < -0.3 is 4.74 Å². The van der Waals surface area contributed by atoms with Crippen molar-refractivity contribution in [1.29, 1.82) is 0 Å². The summed E-state index contributed by atoms with van der Waals surface area (Å²) >= 11 is 0. The number of rotatable bonds is 2. The number of nitrogens with zero attached hydrogens (tertiary/aromatic N) is 1. The molecule has 2 rings (SSSR count). The minimum Gasteiger partial charge on any atom is -0.417 e. The molecular formula is C10H7F2NO. The van der Waals surface area contributed by atoms with Crippen molar-refractivity contribution in [2.24, 2.45) is 0 Å². The van der Waals surface area contributed by atoms with Crippen molar-refractivity contribution in [1.82, 2.24) is 4.98 Å². The normalized spacial score (nSPS) is 10.8. The lowest BCUT2D eigenvalue weighted by molar-refractivity contribution is -0.0527. The van der Waals surface area contributed by atoms with Gasteiger partial charge in [-0.3, -0.25) is 0 Å². The van der Waals surface area contributed by atoms with Crippen molar-refractivity contribution < 1.29 is 13.5 Å². The monoisotopic (exact) mass is 195 g/mol. The molecule has 0 saturated heterocycles. The van der Waals surface area contributed by atoms with Crippen LogP contribution in [0.4, 0.5) is 8.78 Å². The molecule has 1 aromatic carbocycles. The van der Waals surface area contributed by atoms with Gasteiger partial charge in [0.05, 0.1) is 0 Å². The van der Waals surface area contributed by atoms with E-state index in [1.54, 1.807) is 0 Å². The van der Waals surface area contributed by atoms with Crippen LogP contribution in [0.1, 0.15) is 0 Å². The van der Waals surface area contributed by atoms with E-state index in [0.29, 0.717) is 0 Å². The summed E-state index contributed by atoms with van der Waals surface area (Å²) in [7, 11) is 0. The summed E-state index contributed by atoms with van der Waals surface area (Å²) in [5.41, 5.74) is 0. The maximum absolute atomic E-state index is 11.9. The molecule has 4 heteroatoms. The molecule has 0 saturated carbocycles. The lowest BCUT2D eigenvalue weighted by atomic mass is 10.2. The predicted octanol–water partition coefficient (Wildman–Crippen LogP) is 2.84. The zero-order chi connectivity index (χ0) is 9.97. The number of aromatic nitrogens is 1. The van der Waals surface area contributed by atoms with Gasteiger partial charge in [0.25, 0.3) is 0 Å². The Morgan fingerprint density at radius 2 is 1.86 bits per heavy atom. The van der Waals surface area contributed by atoms with Crippen molar-refractivity contribution in [3.8, 4) is 5.88 Å². The minimum atomic E-state index is -2.83. The molecule has 72 valence electrons. The fraction of sp³-hybridized carbons (Fsp3) is 0.100. The fourth-order valence-corrected chi connectivity index (χ4v) is 1.22. The maximum atomic E-state index is 11.9. The molecule has 1 aromatic heterocycles. The topological polar surface area (TPSA) is 22.1 Å². The van der Waals surface area contributed by atoms with Crippen LogP contribution in [0, 0.1) is 0 Å². The van der Waals surface area contributed by atoms with Gasteiger partial charge in [0.1, 0.15) is 0 Å². The van der Waals surface area contributed by atoms with Crippen molar-refractivity contribution in [3.63, 3.8) is 0 Å². The molecule has 0 unspecified atom stereocenters. The second-order valence-corrected chi connectivity index (χ2v) is 2.75. The molecule has 0 aliphatic carbocycles. The van der Waals surface area contributed by atoms with Crippen molar-refractivity contribution in [2.45, 2.75) is 6.61 Å². The van der Waals surface area contributed by atoms with Crippen LogP contribution >= 0.6 is 0 Å². The molecule has 2 nitrogen and oxygen atoms in total. The van der Waals surface area contributed by atoms with E-state index in [9.17, 15) is 8.78 Å². The molecule has 0 fully saturated rings. The predicted molar refractivity (Wildman–Crippen MR) is 48.4 cm³/mol. The first-order valence-corrected chi connectivity index (χ1v) is 4.05. The molecular weight excluding hydrogens is 188 g/mol. The first-order chi connectivity index (χ1) is 6.75. The zero-order valence-corrected chi connectivity index (χ0v) is 7.15. The Morgan fingerprint density at radius 1 is 1.14 bits per heavy atom. The van der Waals surface area contributed by atoms with Gasteiger partial charge in [-0.05, 0) is 5.39 Å². The standard InChI is InChI=1S/C10H7F2NO/c11-10(12)14-9-5-7-3-1-2-4-8(7)6-13-9/h1-6,10H. The molecule has 1 heterocycles. The van der Waals surface area contributed by atoms with Gasteiger partial charge in [0, 0.05) is 17.6 Å². The Bertz CT molecular complexity index is 445. The SMILES string of the molecule is FC(F)Oc1cc2ccccc2cn1. The Morgan fingerprint density at radius 3 is 2.57 bits per heavy atom. The Balaban J connectivity index is 2.41. The molecule has 14 heavy (non-hydrogen) atoms. The van der Waals surface area contributed by atoms with Gasteiger partial charge in [-0.25, -0.2) is 4.98 Å². The van der Waals surface area contributed by atoms with Crippen molar-refractivity contribution in [2.75, 3.05) is 0 Å². The van der Waals surface area contributed by atoms with Crippen LogP contribution in [0.5, 0.6) is 5.88 Å². The number of alkyl halides is 2. The average molecular weight is 195 g/mol. The van der Waals surface area contributed by atoms with Crippen LogP contribution in [0.2, 0.25) is 0 Å². The average Bonchev–Trinajstić information content (AvgIpc) is 2.17. The Hall–Kier alpha value is -1.71. The van der Waals surface area contributed by atoms with Gasteiger partial charge in [0.2, 0.25) is 5.88 Å². The number of fused-ring (bicyclic) bond motifs is 1. The number of hydrogen-bond donors (Lipinski definition) is 0. The molecule has 0 radical (unpaired) electrons. The summed E-state index contributed by atoms with van der Waals surface area (Å²) < 4.78 is 27.9. The van der Waals surface area contributed by atoms with Gasteiger partial charge in [0.15, 0.2) is 0 Å². The molecule has 0 N–H and O–H groups in total. The summed E-state index contributed by atoms with van der Waals surface area (Å²) in [4.78, 5) is 3.74. The van der Waals surface area contributed by atoms with Gasteiger partial charge in [-0.15, -0.1) is 0 Å². The van der Waals surface area contributed by atoms with E-state index < -0.39 is 6.61 Å². The second kappa shape index (κ2) is 3.57. The first kappa shape index (κ1) is 8.87. The molecule has 0 aliphatic rings. The zero-order valence-electron chi connectivity index (χ0n) is 7.15. The van der Waals surface area contributed by atoms with E-state index in [1.807, 2.05) is 24.3 Å². The number of pyridine rings is 1. The van der Waals surface area contributed by atoms with Crippen molar-refractivity contribution >= 4 is 10.8 Å². The summed E-state index contributed by atoms with van der Waals surface area (Å²) in [6, 6.07) is 8.84. The molecule has 0 spiro atoms. The third kappa shape index (κ3) is 1.79. The highest BCUT2D eigenvalue weighted by atomic mass is 19.3. The highest BCUT2D eigenvalue weighted by Gasteiger charge is 2.05. The van der Waals surface area contributed by atoms with Crippen LogP contribution in [0.25, 0.3) is 10.8 Å².